The molecule has 7 aliphatic rings. The SMILES string of the molecule is FC1CCN(CCOc2ccc([C@H]3CCCC4(C3)OOC3(OO4)C4CC5CC(C4)CC3C5)cc2)CC1. The first kappa shape index (κ1) is 23.8. The topological polar surface area (TPSA) is 49.4 Å². The van der Waals surface area contributed by atoms with Crippen molar-refractivity contribution in [1.29, 1.82) is 0 Å². The van der Waals surface area contributed by atoms with Gasteiger partial charge in [0, 0.05) is 44.3 Å². The zero-order valence-corrected chi connectivity index (χ0v) is 21.2. The fraction of sp³-hybridized carbons (Fsp3) is 0.793. The second kappa shape index (κ2) is 9.49. The van der Waals surface area contributed by atoms with Crippen LogP contribution in [-0.2, 0) is 19.6 Å². The monoisotopic (exact) mass is 501 g/mol. The van der Waals surface area contributed by atoms with Crippen molar-refractivity contribution in [3.05, 3.63) is 29.8 Å². The number of halogens is 1. The summed E-state index contributed by atoms with van der Waals surface area (Å²) in [5.74, 6) is 2.17. The zero-order valence-electron chi connectivity index (χ0n) is 21.2. The molecule has 0 radical (unpaired) electrons. The maximum Gasteiger partial charge on any atom is 0.239 e. The van der Waals surface area contributed by atoms with E-state index in [1.807, 2.05) is 0 Å². The maximum atomic E-state index is 13.3. The van der Waals surface area contributed by atoms with Crippen LogP contribution in [0.15, 0.2) is 24.3 Å². The molecule has 0 aromatic heterocycles. The Morgan fingerprint density at radius 3 is 2.19 bits per heavy atom. The highest BCUT2D eigenvalue weighted by atomic mass is 19.1. The highest BCUT2D eigenvalue weighted by Crippen LogP contribution is 2.62. The van der Waals surface area contributed by atoms with E-state index in [1.165, 1.54) is 37.7 Å². The lowest BCUT2D eigenvalue weighted by atomic mass is 9.53. The molecule has 1 aromatic carbocycles. The highest BCUT2D eigenvalue weighted by molar-refractivity contribution is 5.30. The average Bonchev–Trinajstić information content (AvgIpc) is 2.90. The molecule has 7 fully saturated rings. The van der Waals surface area contributed by atoms with Crippen LogP contribution < -0.4 is 4.74 Å². The van der Waals surface area contributed by atoms with Gasteiger partial charge in [0.15, 0.2) is 0 Å². The van der Waals surface area contributed by atoms with E-state index in [9.17, 15) is 4.39 Å². The molecule has 2 heterocycles. The van der Waals surface area contributed by atoms with Gasteiger partial charge in [-0.25, -0.2) is 4.39 Å². The van der Waals surface area contributed by atoms with Crippen LogP contribution in [0, 0.1) is 23.7 Å². The Bertz CT molecular complexity index is 879. The van der Waals surface area contributed by atoms with Crippen LogP contribution >= 0.6 is 0 Å². The van der Waals surface area contributed by atoms with E-state index in [4.69, 9.17) is 24.3 Å². The van der Waals surface area contributed by atoms with Crippen LogP contribution in [-0.4, -0.2) is 48.9 Å². The summed E-state index contributed by atoms with van der Waals surface area (Å²) >= 11 is 0. The number of ether oxygens (including phenoxy) is 1. The largest absolute Gasteiger partial charge is 0.492 e. The number of hydrogen-bond acceptors (Lipinski definition) is 6. The fourth-order valence-corrected chi connectivity index (χ4v) is 8.31. The Kier molecular flexibility index (Phi) is 6.29. The van der Waals surface area contributed by atoms with Crippen molar-refractivity contribution in [2.24, 2.45) is 23.7 Å². The third kappa shape index (κ3) is 4.39. The summed E-state index contributed by atoms with van der Waals surface area (Å²) in [4.78, 5) is 27.1. The second-order valence-corrected chi connectivity index (χ2v) is 12.5. The van der Waals surface area contributed by atoms with Crippen LogP contribution in [0.2, 0.25) is 0 Å². The summed E-state index contributed by atoms with van der Waals surface area (Å²) < 4.78 is 19.3. The van der Waals surface area contributed by atoms with E-state index in [0.717, 1.165) is 62.9 Å². The van der Waals surface area contributed by atoms with Crippen LogP contribution in [0.4, 0.5) is 4.39 Å². The summed E-state index contributed by atoms with van der Waals surface area (Å²) in [7, 11) is 0. The number of piperidine rings is 1. The molecule has 5 saturated carbocycles. The molecule has 36 heavy (non-hydrogen) atoms. The van der Waals surface area contributed by atoms with Crippen LogP contribution in [0.3, 0.4) is 0 Å². The van der Waals surface area contributed by atoms with E-state index in [1.54, 1.807) is 0 Å². The summed E-state index contributed by atoms with van der Waals surface area (Å²) in [6.07, 6.45) is 10.4. The van der Waals surface area contributed by atoms with Gasteiger partial charge in [-0.2, -0.15) is 19.6 Å². The number of benzene rings is 1. The molecular weight excluding hydrogens is 461 g/mol. The molecule has 0 unspecified atom stereocenters. The van der Waals surface area contributed by atoms with Crippen molar-refractivity contribution in [3.8, 4) is 5.75 Å². The Labute approximate surface area is 213 Å². The first-order valence-corrected chi connectivity index (χ1v) is 14.4. The number of likely N-dealkylation sites (tertiary alicyclic amines) is 1. The molecule has 7 heteroatoms. The molecule has 2 spiro atoms. The second-order valence-electron chi connectivity index (χ2n) is 12.5. The predicted molar refractivity (Wildman–Crippen MR) is 131 cm³/mol. The van der Waals surface area contributed by atoms with Crippen molar-refractivity contribution < 1.29 is 28.7 Å². The minimum atomic E-state index is -0.814. The molecular formula is C29H40FNO5. The lowest BCUT2D eigenvalue weighted by molar-refractivity contribution is -0.680. The molecule has 8 rings (SSSR count). The van der Waals surface area contributed by atoms with Gasteiger partial charge >= 0.3 is 0 Å². The summed E-state index contributed by atoms with van der Waals surface area (Å²) in [6.45, 7) is 3.13. The molecule has 0 N–H and O–H groups in total. The maximum absolute atomic E-state index is 13.3. The molecule has 6 nitrogen and oxygen atoms in total. The van der Waals surface area contributed by atoms with Crippen molar-refractivity contribution in [1.82, 2.24) is 4.90 Å². The fourth-order valence-electron chi connectivity index (χ4n) is 8.31. The molecule has 1 atom stereocenters. The molecule has 5 aliphatic carbocycles. The first-order chi connectivity index (χ1) is 17.6. The van der Waals surface area contributed by atoms with Crippen LogP contribution in [0.5, 0.6) is 5.75 Å². The lowest BCUT2D eigenvalue weighted by Gasteiger charge is -2.60. The van der Waals surface area contributed by atoms with E-state index in [-0.39, 0.29) is 0 Å². The third-order valence-corrected chi connectivity index (χ3v) is 10.1. The normalized spacial score (nSPS) is 42.9. The van der Waals surface area contributed by atoms with Crippen molar-refractivity contribution in [2.75, 3.05) is 26.2 Å². The van der Waals surface area contributed by atoms with E-state index < -0.39 is 17.7 Å². The quantitative estimate of drug-likeness (QED) is 0.467. The zero-order chi connectivity index (χ0) is 24.2. The Morgan fingerprint density at radius 1 is 0.861 bits per heavy atom. The summed E-state index contributed by atoms with van der Waals surface area (Å²) in [5, 5.41) is 0. The van der Waals surface area contributed by atoms with Crippen LogP contribution in [0.25, 0.3) is 0 Å². The predicted octanol–water partition coefficient (Wildman–Crippen LogP) is 5.92. The Balaban J connectivity index is 0.936. The standard InChI is InChI=1S/C29H40FNO5/c30-26-7-10-31(11-8-26)12-13-32-27-5-3-22(4-6-27)23-2-1-9-28(19-23)33-35-29(36-34-28)24-15-20-14-21(17-24)18-25(29)16-20/h3-6,20-21,23-26H,1-2,7-19H2/t20?,21?,23-,24?,25?,28?,29?/m0/s1. The van der Waals surface area contributed by atoms with Crippen molar-refractivity contribution >= 4 is 0 Å². The number of rotatable bonds is 5. The molecule has 0 amide bonds. The van der Waals surface area contributed by atoms with Gasteiger partial charge in [-0.1, -0.05) is 12.1 Å². The molecule has 198 valence electrons. The number of hydrogen-bond donors (Lipinski definition) is 0. The summed E-state index contributed by atoms with van der Waals surface area (Å²) in [5.41, 5.74) is 1.27. The molecule has 4 bridgehead atoms. The van der Waals surface area contributed by atoms with Gasteiger partial charge in [0.2, 0.25) is 11.6 Å². The van der Waals surface area contributed by atoms with Gasteiger partial charge in [0.1, 0.15) is 18.5 Å². The van der Waals surface area contributed by atoms with Crippen molar-refractivity contribution in [3.63, 3.8) is 0 Å². The van der Waals surface area contributed by atoms with Gasteiger partial charge < -0.3 is 4.74 Å². The number of alkyl halides is 1. The van der Waals surface area contributed by atoms with Gasteiger partial charge in [-0.3, -0.25) is 4.90 Å². The van der Waals surface area contributed by atoms with E-state index >= 15 is 0 Å². The molecule has 2 aliphatic heterocycles. The first-order valence-electron chi connectivity index (χ1n) is 14.4. The highest BCUT2D eigenvalue weighted by Gasteiger charge is 2.64. The van der Waals surface area contributed by atoms with Gasteiger partial charge in [0.05, 0.1) is 0 Å². The Hall–Kier alpha value is -1.25. The van der Waals surface area contributed by atoms with Gasteiger partial charge in [-0.05, 0) is 93.2 Å². The van der Waals surface area contributed by atoms with Gasteiger partial charge in [-0.15, -0.1) is 0 Å². The minimum absolute atomic E-state index is 0.328. The molecule has 2 saturated heterocycles. The lowest BCUT2D eigenvalue weighted by Crippen LogP contribution is -2.64. The van der Waals surface area contributed by atoms with E-state index in [2.05, 4.69) is 29.2 Å². The van der Waals surface area contributed by atoms with Gasteiger partial charge in [0.25, 0.3) is 0 Å². The van der Waals surface area contributed by atoms with E-state index in [0.29, 0.717) is 37.2 Å². The van der Waals surface area contributed by atoms with Crippen molar-refractivity contribution in [2.45, 2.75) is 94.3 Å². The Morgan fingerprint density at radius 2 is 1.53 bits per heavy atom. The molecule has 1 aromatic rings. The smallest absolute Gasteiger partial charge is 0.239 e. The van der Waals surface area contributed by atoms with Crippen LogP contribution in [0.1, 0.15) is 82.1 Å². The average molecular weight is 502 g/mol. The third-order valence-electron chi connectivity index (χ3n) is 10.1. The summed E-state index contributed by atoms with van der Waals surface area (Å²) in [6, 6.07) is 8.45. The minimum Gasteiger partial charge on any atom is -0.492 e. The number of nitrogens with zero attached hydrogens (tertiary/aromatic N) is 1.